The van der Waals surface area contributed by atoms with Crippen LogP contribution in [0.2, 0.25) is 0 Å². The summed E-state index contributed by atoms with van der Waals surface area (Å²) in [5, 5.41) is 3.15. The third-order valence-corrected chi connectivity index (χ3v) is 1.74. The second-order valence-corrected chi connectivity index (χ2v) is 2.70. The molecule has 1 aromatic rings. The first kappa shape index (κ1) is 7.79. The average Bonchev–Trinajstić information content (AvgIpc) is 2.03. The number of rotatable bonds is 3. The number of hydrogen-bond acceptors (Lipinski definition) is 1. The van der Waals surface area contributed by atoms with Crippen molar-refractivity contribution in [2.45, 2.75) is 6.54 Å². The number of benzene rings is 1. The molecule has 0 aliphatic heterocycles. The summed E-state index contributed by atoms with van der Waals surface area (Å²) in [6.07, 6.45) is 0. The molecule has 0 aliphatic carbocycles. The SMILES string of the molecule is [Os]=[CH]NCc1ccccc1. The van der Waals surface area contributed by atoms with Crippen molar-refractivity contribution >= 4 is 4.69 Å². The quantitative estimate of drug-likeness (QED) is 0.881. The van der Waals surface area contributed by atoms with E-state index in [1.54, 1.807) is 0 Å². The first-order chi connectivity index (χ1) is 4.93. The fraction of sp³-hybridized carbons (Fsp3) is 0.125. The van der Waals surface area contributed by atoms with E-state index in [1.807, 2.05) is 28.9 Å². The van der Waals surface area contributed by atoms with Crippen molar-refractivity contribution in [3.8, 4) is 0 Å². The standard InChI is InChI=1S/C8H9N.Os/c1-9-7-8-5-3-2-4-6-8;/h1-6,9H,7H2;. The molecule has 0 aliphatic rings. The maximum absolute atomic E-state index is 3.15. The minimum atomic E-state index is 0.935. The van der Waals surface area contributed by atoms with Crippen molar-refractivity contribution in [2.24, 2.45) is 0 Å². The molecule has 1 rings (SSSR count). The Balaban J connectivity index is 2.50. The molecule has 0 aromatic heterocycles. The molecule has 0 saturated carbocycles. The second-order valence-electron chi connectivity index (χ2n) is 1.97. The van der Waals surface area contributed by atoms with E-state index in [2.05, 4.69) is 29.6 Å². The Morgan fingerprint density at radius 2 is 2.00 bits per heavy atom. The zero-order valence-electron chi connectivity index (χ0n) is 5.52. The van der Waals surface area contributed by atoms with Crippen molar-refractivity contribution < 1.29 is 18.1 Å². The number of nitrogens with one attached hydrogen (secondary N) is 1. The van der Waals surface area contributed by atoms with Crippen molar-refractivity contribution in [1.29, 1.82) is 0 Å². The monoisotopic (exact) mass is 311 g/mol. The predicted octanol–water partition coefficient (Wildman–Crippen LogP) is 1.08. The minimum absolute atomic E-state index is 0.935. The van der Waals surface area contributed by atoms with Crippen LogP contribution in [0.4, 0.5) is 0 Å². The molecule has 0 bridgehead atoms. The molecule has 0 unspecified atom stereocenters. The molecule has 0 saturated heterocycles. The van der Waals surface area contributed by atoms with Gasteiger partial charge in [0.1, 0.15) is 0 Å². The van der Waals surface area contributed by atoms with Gasteiger partial charge in [-0.3, -0.25) is 0 Å². The van der Waals surface area contributed by atoms with Gasteiger partial charge in [-0.2, -0.15) is 0 Å². The van der Waals surface area contributed by atoms with Crippen LogP contribution in [0.5, 0.6) is 0 Å². The molecule has 0 atom stereocenters. The molecule has 0 radical (unpaired) electrons. The fourth-order valence-corrected chi connectivity index (χ4v) is 1.01. The molecule has 0 heterocycles. The summed E-state index contributed by atoms with van der Waals surface area (Å²) >= 11 is 1.81. The van der Waals surface area contributed by atoms with E-state index in [9.17, 15) is 0 Å². The number of hydrogen-bond donors (Lipinski definition) is 1. The van der Waals surface area contributed by atoms with E-state index in [4.69, 9.17) is 0 Å². The molecule has 0 amide bonds. The summed E-state index contributed by atoms with van der Waals surface area (Å²) in [5.41, 5.74) is 1.32. The van der Waals surface area contributed by atoms with Crippen LogP contribution in [-0.4, -0.2) is 4.69 Å². The molecule has 2 heteroatoms. The van der Waals surface area contributed by atoms with Gasteiger partial charge in [0.25, 0.3) is 0 Å². The Morgan fingerprint density at radius 1 is 1.30 bits per heavy atom. The van der Waals surface area contributed by atoms with Gasteiger partial charge in [0.05, 0.1) is 0 Å². The Bertz CT molecular complexity index is 196. The summed E-state index contributed by atoms with van der Waals surface area (Å²) in [6, 6.07) is 10.4. The summed E-state index contributed by atoms with van der Waals surface area (Å²) < 4.78 is 1.98. The Morgan fingerprint density at radius 3 is 2.60 bits per heavy atom. The van der Waals surface area contributed by atoms with Crippen LogP contribution in [0, 0.1) is 0 Å². The van der Waals surface area contributed by atoms with Crippen LogP contribution in [0.3, 0.4) is 0 Å². The van der Waals surface area contributed by atoms with E-state index in [-0.39, 0.29) is 0 Å². The maximum atomic E-state index is 3.15. The predicted molar refractivity (Wildman–Crippen MR) is 39.3 cm³/mol. The summed E-state index contributed by atoms with van der Waals surface area (Å²) in [5.74, 6) is 0. The molecule has 1 aromatic carbocycles. The van der Waals surface area contributed by atoms with Crippen LogP contribution in [-0.2, 0) is 24.7 Å². The Hall–Kier alpha value is -0.314. The van der Waals surface area contributed by atoms with Gasteiger partial charge in [0, 0.05) is 0 Å². The van der Waals surface area contributed by atoms with Gasteiger partial charge in [0.15, 0.2) is 0 Å². The van der Waals surface area contributed by atoms with Gasteiger partial charge < -0.3 is 0 Å². The average molecular weight is 309 g/mol. The van der Waals surface area contributed by atoms with Gasteiger partial charge in [0.2, 0.25) is 0 Å². The molecule has 1 N–H and O–H groups in total. The van der Waals surface area contributed by atoms with E-state index < -0.39 is 0 Å². The van der Waals surface area contributed by atoms with Crippen LogP contribution in [0.1, 0.15) is 5.56 Å². The van der Waals surface area contributed by atoms with E-state index in [1.165, 1.54) is 5.56 Å². The van der Waals surface area contributed by atoms with Gasteiger partial charge in [-0.15, -0.1) is 0 Å². The summed E-state index contributed by atoms with van der Waals surface area (Å²) in [6.45, 7) is 0.935. The van der Waals surface area contributed by atoms with Gasteiger partial charge in [-0.25, -0.2) is 0 Å². The molecule has 1 nitrogen and oxygen atoms in total. The molecule has 54 valence electrons. The topological polar surface area (TPSA) is 12.0 Å². The first-order valence-corrected chi connectivity index (χ1v) is 4.58. The van der Waals surface area contributed by atoms with E-state index in [0.29, 0.717) is 0 Å². The van der Waals surface area contributed by atoms with Crippen LogP contribution >= 0.6 is 0 Å². The zero-order valence-corrected chi connectivity index (χ0v) is 8.07. The van der Waals surface area contributed by atoms with Crippen LogP contribution in [0.25, 0.3) is 0 Å². The van der Waals surface area contributed by atoms with Gasteiger partial charge in [-0.1, -0.05) is 0 Å². The third-order valence-electron chi connectivity index (χ3n) is 1.22. The molecule has 10 heavy (non-hydrogen) atoms. The fourth-order valence-electron chi connectivity index (χ4n) is 0.750. The van der Waals surface area contributed by atoms with Gasteiger partial charge in [-0.05, 0) is 0 Å². The molecular weight excluding hydrogens is 300 g/mol. The Labute approximate surface area is 70.9 Å². The third kappa shape index (κ3) is 2.52. The molecular formula is C8H9NOs. The van der Waals surface area contributed by atoms with Crippen molar-refractivity contribution in [2.75, 3.05) is 0 Å². The van der Waals surface area contributed by atoms with Crippen molar-refractivity contribution in [3.63, 3.8) is 0 Å². The second kappa shape index (κ2) is 4.49. The zero-order chi connectivity index (χ0) is 7.23. The van der Waals surface area contributed by atoms with Crippen LogP contribution < -0.4 is 5.32 Å². The van der Waals surface area contributed by atoms with E-state index in [0.717, 1.165) is 6.54 Å². The van der Waals surface area contributed by atoms with Crippen LogP contribution in [0.15, 0.2) is 30.3 Å². The summed E-state index contributed by atoms with van der Waals surface area (Å²) in [4.78, 5) is 0. The Kier molecular flexibility index (Phi) is 3.50. The van der Waals surface area contributed by atoms with Crippen molar-refractivity contribution in [3.05, 3.63) is 35.9 Å². The molecule has 0 spiro atoms. The summed E-state index contributed by atoms with van der Waals surface area (Å²) in [7, 11) is 0. The van der Waals surface area contributed by atoms with Gasteiger partial charge >= 0.3 is 70.6 Å². The molecule has 0 fully saturated rings. The van der Waals surface area contributed by atoms with E-state index >= 15 is 0 Å². The van der Waals surface area contributed by atoms with Crippen molar-refractivity contribution in [1.82, 2.24) is 5.32 Å². The first-order valence-electron chi connectivity index (χ1n) is 3.11. The normalized spacial score (nSPS) is 9.30.